The van der Waals surface area contributed by atoms with Crippen LogP contribution >= 0.6 is 11.6 Å². The zero-order chi connectivity index (χ0) is 14.7. The van der Waals surface area contributed by atoms with Crippen LogP contribution in [-0.2, 0) is 10.0 Å². The third kappa shape index (κ3) is 2.11. The third-order valence-electron chi connectivity index (χ3n) is 4.13. The van der Waals surface area contributed by atoms with E-state index in [-0.39, 0.29) is 29.6 Å². The maximum Gasteiger partial charge on any atom is 0.243 e. The molecule has 0 spiro atoms. The van der Waals surface area contributed by atoms with Gasteiger partial charge >= 0.3 is 0 Å². The van der Waals surface area contributed by atoms with Crippen LogP contribution in [0, 0.1) is 12.8 Å². The minimum atomic E-state index is -3.61. The molecule has 2 fully saturated rings. The molecule has 0 amide bonds. The van der Waals surface area contributed by atoms with E-state index >= 15 is 0 Å². The predicted octanol–water partition coefficient (Wildman–Crippen LogP) is 1.38. The Kier molecular flexibility index (Phi) is 3.06. The number of aryl methyl sites for hydroxylation is 1. The number of nitrogens with two attached hydrogens (primary N) is 1. The average molecular weight is 317 g/mol. The number of nitrogen functional groups attached to an aromatic ring is 1. The summed E-state index contributed by atoms with van der Waals surface area (Å²) in [6.45, 7) is 2.05. The highest BCUT2D eigenvalue weighted by Gasteiger charge is 2.55. The summed E-state index contributed by atoms with van der Waals surface area (Å²) < 4.78 is 26.3. The van der Waals surface area contributed by atoms with Crippen molar-refractivity contribution in [1.82, 2.24) is 4.31 Å². The number of benzene rings is 1. The zero-order valence-corrected chi connectivity index (χ0v) is 12.7. The fraction of sp³-hybridized carbons (Fsp3) is 0.538. The van der Waals surface area contributed by atoms with Gasteiger partial charge in [-0.05, 0) is 43.4 Å². The van der Waals surface area contributed by atoms with Gasteiger partial charge in [-0.1, -0.05) is 11.6 Å². The van der Waals surface area contributed by atoms with Crippen LogP contribution in [0.1, 0.15) is 18.4 Å². The molecule has 0 radical (unpaired) electrons. The second kappa shape index (κ2) is 4.34. The largest absolute Gasteiger partial charge is 0.397 e. The van der Waals surface area contributed by atoms with Gasteiger partial charge in [-0.15, -0.1) is 0 Å². The normalized spacial score (nSPS) is 22.6. The molecular weight excluding hydrogens is 300 g/mol. The lowest BCUT2D eigenvalue weighted by molar-refractivity contribution is -0.0764. The Bertz CT molecular complexity index is 641. The molecule has 1 saturated heterocycles. The fourth-order valence-electron chi connectivity index (χ4n) is 2.67. The molecule has 0 atom stereocenters. The molecule has 1 saturated carbocycles. The van der Waals surface area contributed by atoms with Crippen LogP contribution in [0.3, 0.4) is 0 Å². The molecule has 1 aromatic carbocycles. The Balaban J connectivity index is 1.86. The van der Waals surface area contributed by atoms with Gasteiger partial charge in [-0.2, -0.15) is 4.31 Å². The quantitative estimate of drug-likeness (QED) is 0.825. The van der Waals surface area contributed by atoms with Crippen molar-refractivity contribution < 1.29 is 13.5 Å². The highest BCUT2D eigenvalue weighted by molar-refractivity contribution is 7.89. The van der Waals surface area contributed by atoms with Crippen LogP contribution in [0.2, 0.25) is 5.02 Å². The zero-order valence-electron chi connectivity index (χ0n) is 11.1. The maximum atomic E-state index is 12.5. The van der Waals surface area contributed by atoms with Gasteiger partial charge in [-0.25, -0.2) is 8.42 Å². The van der Waals surface area contributed by atoms with E-state index in [1.54, 1.807) is 6.92 Å². The van der Waals surface area contributed by atoms with E-state index in [2.05, 4.69) is 0 Å². The van der Waals surface area contributed by atoms with Gasteiger partial charge in [0, 0.05) is 13.1 Å². The first kappa shape index (κ1) is 14.1. The number of halogens is 1. The highest BCUT2D eigenvalue weighted by atomic mass is 35.5. The summed E-state index contributed by atoms with van der Waals surface area (Å²) in [6, 6.07) is 2.89. The summed E-state index contributed by atoms with van der Waals surface area (Å²) >= 11 is 5.95. The molecular formula is C13H17ClN2O3S. The molecule has 1 aliphatic carbocycles. The van der Waals surface area contributed by atoms with E-state index in [1.807, 2.05) is 0 Å². The summed E-state index contributed by atoms with van der Waals surface area (Å²) in [5.41, 5.74) is 5.77. The Morgan fingerprint density at radius 1 is 1.40 bits per heavy atom. The van der Waals surface area contributed by atoms with Gasteiger partial charge in [0.05, 0.1) is 21.2 Å². The first-order valence-corrected chi connectivity index (χ1v) is 8.34. The van der Waals surface area contributed by atoms with Crippen molar-refractivity contribution >= 4 is 27.3 Å². The topological polar surface area (TPSA) is 83.6 Å². The van der Waals surface area contributed by atoms with Gasteiger partial charge in [-0.3, -0.25) is 0 Å². The molecule has 0 bridgehead atoms. The SMILES string of the molecule is Cc1cc(S(=O)(=O)N2CC(O)(C3CC3)C2)cc(N)c1Cl. The van der Waals surface area contributed by atoms with Crippen molar-refractivity contribution in [1.29, 1.82) is 0 Å². The fourth-order valence-corrected chi connectivity index (χ4v) is 4.47. The van der Waals surface area contributed by atoms with Crippen molar-refractivity contribution in [3.05, 3.63) is 22.7 Å². The molecule has 1 heterocycles. The molecule has 7 heteroatoms. The average Bonchev–Trinajstić information content (AvgIpc) is 3.15. The molecule has 110 valence electrons. The van der Waals surface area contributed by atoms with E-state index in [0.29, 0.717) is 10.6 Å². The second-order valence-corrected chi connectivity index (χ2v) is 8.11. The number of hydrogen-bond acceptors (Lipinski definition) is 4. The van der Waals surface area contributed by atoms with E-state index in [4.69, 9.17) is 17.3 Å². The van der Waals surface area contributed by atoms with Gasteiger partial charge in [0.15, 0.2) is 0 Å². The second-order valence-electron chi connectivity index (χ2n) is 5.79. The third-order valence-corrected chi connectivity index (χ3v) is 6.42. The lowest BCUT2D eigenvalue weighted by Crippen LogP contribution is -2.64. The summed E-state index contributed by atoms with van der Waals surface area (Å²) in [7, 11) is -3.61. The lowest BCUT2D eigenvalue weighted by Gasteiger charge is -2.45. The lowest BCUT2D eigenvalue weighted by atomic mass is 9.91. The number of aliphatic hydroxyl groups is 1. The van der Waals surface area contributed by atoms with Crippen molar-refractivity contribution in [2.24, 2.45) is 5.92 Å². The molecule has 5 nitrogen and oxygen atoms in total. The van der Waals surface area contributed by atoms with Crippen LogP contribution in [0.25, 0.3) is 0 Å². The first-order valence-electron chi connectivity index (χ1n) is 6.52. The molecule has 3 rings (SSSR count). The number of rotatable bonds is 3. The number of nitrogens with zero attached hydrogens (tertiary/aromatic N) is 1. The van der Waals surface area contributed by atoms with Crippen molar-refractivity contribution in [3.63, 3.8) is 0 Å². The summed E-state index contributed by atoms with van der Waals surface area (Å²) in [5, 5.41) is 10.6. The first-order chi connectivity index (χ1) is 9.24. The van der Waals surface area contributed by atoms with Crippen LogP contribution < -0.4 is 5.73 Å². The predicted molar refractivity (Wildman–Crippen MR) is 77.0 cm³/mol. The maximum absolute atomic E-state index is 12.5. The Hall–Kier alpha value is -0.820. The summed E-state index contributed by atoms with van der Waals surface area (Å²) in [5.74, 6) is 0.256. The molecule has 1 aromatic rings. The summed E-state index contributed by atoms with van der Waals surface area (Å²) in [4.78, 5) is 0.134. The molecule has 0 unspecified atom stereocenters. The van der Waals surface area contributed by atoms with Crippen molar-refractivity contribution in [2.75, 3.05) is 18.8 Å². The van der Waals surface area contributed by atoms with Gasteiger partial charge < -0.3 is 10.8 Å². The van der Waals surface area contributed by atoms with Gasteiger partial charge in [0.2, 0.25) is 10.0 Å². The van der Waals surface area contributed by atoms with Crippen LogP contribution in [0.4, 0.5) is 5.69 Å². The standard InChI is InChI=1S/C13H17ClN2O3S/c1-8-4-10(5-11(15)12(8)14)20(18,19)16-6-13(17,7-16)9-2-3-9/h4-5,9,17H,2-3,6-7,15H2,1H3. The van der Waals surface area contributed by atoms with E-state index in [1.165, 1.54) is 16.4 Å². The van der Waals surface area contributed by atoms with Crippen molar-refractivity contribution in [2.45, 2.75) is 30.3 Å². The molecule has 1 aliphatic heterocycles. The van der Waals surface area contributed by atoms with Crippen LogP contribution in [0.15, 0.2) is 17.0 Å². The molecule has 3 N–H and O–H groups in total. The van der Waals surface area contributed by atoms with Crippen LogP contribution in [-0.4, -0.2) is 36.5 Å². The minimum Gasteiger partial charge on any atom is -0.397 e. The number of hydrogen-bond donors (Lipinski definition) is 2. The molecule has 0 aromatic heterocycles. The van der Waals surface area contributed by atoms with E-state index in [9.17, 15) is 13.5 Å². The Morgan fingerprint density at radius 2 is 2.00 bits per heavy atom. The van der Waals surface area contributed by atoms with Gasteiger partial charge in [0.1, 0.15) is 0 Å². The van der Waals surface area contributed by atoms with E-state index in [0.717, 1.165) is 12.8 Å². The highest BCUT2D eigenvalue weighted by Crippen LogP contribution is 2.46. The molecule has 20 heavy (non-hydrogen) atoms. The minimum absolute atomic E-state index is 0.134. The summed E-state index contributed by atoms with van der Waals surface area (Å²) in [6.07, 6.45) is 1.97. The number of sulfonamides is 1. The van der Waals surface area contributed by atoms with E-state index < -0.39 is 15.6 Å². The smallest absolute Gasteiger partial charge is 0.243 e. The molecule has 2 aliphatic rings. The van der Waals surface area contributed by atoms with Gasteiger partial charge in [0.25, 0.3) is 0 Å². The van der Waals surface area contributed by atoms with Crippen molar-refractivity contribution in [3.8, 4) is 0 Å². The van der Waals surface area contributed by atoms with Crippen LogP contribution in [0.5, 0.6) is 0 Å². The number of anilines is 1. The Morgan fingerprint density at radius 3 is 2.50 bits per heavy atom. The monoisotopic (exact) mass is 316 g/mol. The Labute approximate surface area is 123 Å². The number of β-amino-alcohol motifs (C(OH)–C–C–N with tert-alkyl or cyclic N) is 1.